The number of para-hydroxylation sites is 1. The van der Waals surface area contributed by atoms with Gasteiger partial charge in [0.15, 0.2) is 0 Å². The quantitative estimate of drug-likeness (QED) is 0.654. The van der Waals surface area contributed by atoms with Crippen molar-refractivity contribution in [2.45, 2.75) is 13.3 Å². The van der Waals surface area contributed by atoms with Gasteiger partial charge in [-0.3, -0.25) is 14.9 Å². The van der Waals surface area contributed by atoms with Crippen LogP contribution in [-0.4, -0.2) is 17.9 Å². The lowest BCUT2D eigenvalue weighted by molar-refractivity contribution is -0.384. The minimum absolute atomic E-state index is 0.126. The van der Waals surface area contributed by atoms with Gasteiger partial charge in [-0.05, 0) is 30.2 Å². The van der Waals surface area contributed by atoms with Crippen LogP contribution in [0.15, 0.2) is 42.5 Å². The highest BCUT2D eigenvalue weighted by molar-refractivity contribution is 6.05. The fourth-order valence-electron chi connectivity index (χ4n) is 2.18. The smallest absolute Gasteiger partial charge is 0.293 e. The fourth-order valence-corrected chi connectivity index (χ4v) is 2.18. The van der Waals surface area contributed by atoms with Crippen LogP contribution in [0.5, 0.6) is 0 Å². The summed E-state index contributed by atoms with van der Waals surface area (Å²) in [6.07, 6.45) is 0.787. The molecule has 0 aliphatic heterocycles. The number of carbonyl (C=O) groups excluding carboxylic acids is 1. The average molecular weight is 299 g/mol. The molecule has 2 rings (SSSR count). The van der Waals surface area contributed by atoms with Gasteiger partial charge in [0.2, 0.25) is 0 Å². The minimum atomic E-state index is -0.511. The Morgan fingerprint density at radius 2 is 1.91 bits per heavy atom. The van der Waals surface area contributed by atoms with E-state index in [-0.39, 0.29) is 17.2 Å². The van der Waals surface area contributed by atoms with Crippen LogP contribution >= 0.6 is 0 Å². The highest BCUT2D eigenvalue weighted by atomic mass is 16.6. The van der Waals surface area contributed by atoms with E-state index in [9.17, 15) is 14.9 Å². The molecule has 0 aromatic heterocycles. The molecule has 0 atom stereocenters. The second kappa shape index (κ2) is 6.71. The summed E-state index contributed by atoms with van der Waals surface area (Å²) in [5.74, 6) is -0.369. The van der Waals surface area contributed by atoms with E-state index in [1.165, 1.54) is 12.1 Å². The first-order valence-corrected chi connectivity index (χ1v) is 6.92. The summed E-state index contributed by atoms with van der Waals surface area (Å²) in [5.41, 5.74) is 2.22. The Labute approximate surface area is 128 Å². The number of rotatable bonds is 5. The third-order valence-electron chi connectivity index (χ3n) is 3.37. The maximum absolute atomic E-state index is 12.3. The number of aryl methyl sites for hydroxylation is 1. The van der Waals surface area contributed by atoms with E-state index in [0.29, 0.717) is 5.69 Å². The summed E-state index contributed by atoms with van der Waals surface area (Å²) >= 11 is 0. The number of hydrogen-bond acceptors (Lipinski definition) is 4. The van der Waals surface area contributed by atoms with E-state index < -0.39 is 4.92 Å². The van der Waals surface area contributed by atoms with Crippen LogP contribution in [0.2, 0.25) is 0 Å². The normalized spacial score (nSPS) is 10.1. The predicted octanol–water partition coefficient (Wildman–Crippen LogP) is 3.45. The van der Waals surface area contributed by atoms with Crippen molar-refractivity contribution in [3.63, 3.8) is 0 Å². The lowest BCUT2D eigenvalue weighted by atomic mass is 10.1. The number of amides is 1. The van der Waals surface area contributed by atoms with Gasteiger partial charge in [-0.1, -0.05) is 25.1 Å². The molecule has 0 bridgehead atoms. The van der Waals surface area contributed by atoms with Crippen molar-refractivity contribution >= 4 is 23.0 Å². The molecule has 0 aliphatic rings. The van der Waals surface area contributed by atoms with E-state index >= 15 is 0 Å². The molecule has 0 aliphatic carbocycles. The highest BCUT2D eigenvalue weighted by Gasteiger charge is 2.17. The largest absolute Gasteiger partial charge is 0.383 e. The molecule has 22 heavy (non-hydrogen) atoms. The number of benzene rings is 2. The topological polar surface area (TPSA) is 84.3 Å². The van der Waals surface area contributed by atoms with Gasteiger partial charge in [-0.2, -0.15) is 0 Å². The lowest BCUT2D eigenvalue weighted by Crippen LogP contribution is -2.13. The molecule has 0 heterocycles. The van der Waals surface area contributed by atoms with Crippen LogP contribution in [0.1, 0.15) is 22.8 Å². The van der Waals surface area contributed by atoms with E-state index in [0.717, 1.165) is 17.7 Å². The average Bonchev–Trinajstić information content (AvgIpc) is 2.54. The van der Waals surface area contributed by atoms with E-state index in [1.54, 1.807) is 13.1 Å². The number of nitrogens with one attached hydrogen (secondary N) is 2. The van der Waals surface area contributed by atoms with Gasteiger partial charge >= 0.3 is 0 Å². The number of nitrogens with zero attached hydrogens (tertiary/aromatic N) is 1. The zero-order chi connectivity index (χ0) is 16.1. The van der Waals surface area contributed by atoms with Gasteiger partial charge in [0.25, 0.3) is 11.6 Å². The molecular weight excluding hydrogens is 282 g/mol. The van der Waals surface area contributed by atoms with Crippen LogP contribution in [-0.2, 0) is 6.42 Å². The van der Waals surface area contributed by atoms with Crippen LogP contribution in [0.25, 0.3) is 0 Å². The van der Waals surface area contributed by atoms with Crippen molar-refractivity contribution in [1.29, 1.82) is 0 Å². The van der Waals surface area contributed by atoms with E-state index in [1.807, 2.05) is 31.2 Å². The predicted molar refractivity (Wildman–Crippen MR) is 86.4 cm³/mol. The number of nitro groups is 1. The van der Waals surface area contributed by atoms with Crippen LogP contribution in [0.3, 0.4) is 0 Å². The first-order chi connectivity index (χ1) is 10.6. The first-order valence-electron chi connectivity index (χ1n) is 6.92. The Bertz CT molecular complexity index is 714. The fraction of sp³-hybridized carbons (Fsp3) is 0.188. The monoisotopic (exact) mass is 299 g/mol. The summed E-state index contributed by atoms with van der Waals surface area (Å²) in [5, 5.41) is 16.6. The number of anilines is 2. The van der Waals surface area contributed by atoms with Crippen LogP contribution in [0, 0.1) is 10.1 Å². The molecule has 0 unspecified atom stereocenters. The molecular formula is C16H17N3O3. The van der Waals surface area contributed by atoms with Crippen molar-refractivity contribution in [3.8, 4) is 0 Å². The molecule has 0 fully saturated rings. The highest BCUT2D eigenvalue weighted by Crippen LogP contribution is 2.25. The third-order valence-corrected chi connectivity index (χ3v) is 3.37. The molecule has 0 saturated carbocycles. The molecule has 0 radical (unpaired) electrons. The van der Waals surface area contributed by atoms with Gasteiger partial charge < -0.3 is 10.6 Å². The zero-order valence-corrected chi connectivity index (χ0v) is 12.4. The van der Waals surface area contributed by atoms with Crippen molar-refractivity contribution in [3.05, 3.63) is 63.7 Å². The van der Waals surface area contributed by atoms with Gasteiger partial charge in [-0.25, -0.2) is 0 Å². The second-order valence-corrected chi connectivity index (χ2v) is 4.70. The SMILES string of the molecule is CCc1ccccc1NC(=O)c1ccc(NC)c([N+](=O)[O-])c1. The Balaban J connectivity index is 2.30. The van der Waals surface area contributed by atoms with Crippen molar-refractivity contribution < 1.29 is 9.72 Å². The third kappa shape index (κ3) is 3.22. The van der Waals surface area contributed by atoms with E-state index in [4.69, 9.17) is 0 Å². The number of nitro benzene ring substituents is 1. The summed E-state index contributed by atoms with van der Waals surface area (Å²) in [6, 6.07) is 11.8. The van der Waals surface area contributed by atoms with Crippen molar-refractivity contribution in [2.75, 3.05) is 17.7 Å². The summed E-state index contributed by atoms with van der Waals surface area (Å²) in [4.78, 5) is 22.8. The molecule has 2 aromatic rings. The Morgan fingerprint density at radius 1 is 1.18 bits per heavy atom. The number of hydrogen-bond donors (Lipinski definition) is 2. The van der Waals surface area contributed by atoms with Gasteiger partial charge in [0.1, 0.15) is 5.69 Å². The number of carbonyl (C=O) groups is 1. The molecule has 1 amide bonds. The minimum Gasteiger partial charge on any atom is -0.383 e. The molecule has 6 nitrogen and oxygen atoms in total. The van der Waals surface area contributed by atoms with Crippen LogP contribution < -0.4 is 10.6 Å². The lowest BCUT2D eigenvalue weighted by Gasteiger charge is -2.10. The second-order valence-electron chi connectivity index (χ2n) is 4.70. The first kappa shape index (κ1) is 15.5. The Kier molecular flexibility index (Phi) is 4.73. The van der Waals surface area contributed by atoms with Crippen LogP contribution in [0.4, 0.5) is 17.1 Å². The molecule has 114 valence electrons. The molecule has 0 spiro atoms. The summed E-state index contributed by atoms with van der Waals surface area (Å²) < 4.78 is 0. The molecule has 2 aromatic carbocycles. The molecule has 6 heteroatoms. The maximum Gasteiger partial charge on any atom is 0.293 e. The molecule has 2 N–H and O–H groups in total. The molecule has 0 saturated heterocycles. The summed E-state index contributed by atoms with van der Waals surface area (Å²) in [7, 11) is 1.60. The standard InChI is InChI=1S/C16H17N3O3/c1-3-11-6-4-5-7-13(11)18-16(20)12-8-9-14(17-2)15(10-12)19(21)22/h4-10,17H,3H2,1-2H3,(H,18,20). The van der Waals surface area contributed by atoms with Crippen molar-refractivity contribution in [1.82, 2.24) is 0 Å². The maximum atomic E-state index is 12.3. The van der Waals surface area contributed by atoms with Crippen molar-refractivity contribution in [2.24, 2.45) is 0 Å². The zero-order valence-electron chi connectivity index (χ0n) is 12.4. The van der Waals surface area contributed by atoms with E-state index in [2.05, 4.69) is 10.6 Å². The Morgan fingerprint density at radius 3 is 2.55 bits per heavy atom. The van der Waals surface area contributed by atoms with Gasteiger partial charge in [-0.15, -0.1) is 0 Å². The Hall–Kier alpha value is -2.89. The van der Waals surface area contributed by atoms with Gasteiger partial charge in [0, 0.05) is 24.4 Å². The summed E-state index contributed by atoms with van der Waals surface area (Å²) in [6.45, 7) is 2.00. The van der Waals surface area contributed by atoms with Gasteiger partial charge in [0.05, 0.1) is 4.92 Å².